The van der Waals surface area contributed by atoms with Gasteiger partial charge >= 0.3 is 0 Å². The molecule has 0 radical (unpaired) electrons. The highest BCUT2D eigenvalue weighted by Crippen LogP contribution is 2.32. The molecule has 0 aliphatic rings. The van der Waals surface area contributed by atoms with Gasteiger partial charge in [-0.1, -0.05) is 121 Å². The molecule has 0 aliphatic carbocycles. The van der Waals surface area contributed by atoms with Gasteiger partial charge < -0.3 is 9.13 Å². The maximum atomic E-state index is 4.87. The van der Waals surface area contributed by atoms with Crippen LogP contribution in [0.15, 0.2) is 158 Å². The molecule has 4 nitrogen and oxygen atoms in total. The van der Waals surface area contributed by atoms with E-state index in [1.807, 2.05) is 12.1 Å². The molecule has 0 fully saturated rings. The van der Waals surface area contributed by atoms with Crippen molar-refractivity contribution in [3.63, 3.8) is 0 Å². The average molecular weight is 617 g/mol. The highest BCUT2D eigenvalue weighted by atomic mass is 15.1. The lowest BCUT2D eigenvalue weighted by atomic mass is 9.96. The number of nitrogens with zero attached hydrogens (tertiary/aromatic N) is 4. The van der Waals surface area contributed by atoms with Gasteiger partial charge in [-0.25, -0.2) is 9.97 Å². The van der Waals surface area contributed by atoms with Crippen LogP contribution in [0.4, 0.5) is 0 Å². The number of aryl methyl sites for hydroxylation is 2. The van der Waals surface area contributed by atoms with Gasteiger partial charge in [0, 0.05) is 25.2 Å². The van der Waals surface area contributed by atoms with E-state index < -0.39 is 0 Å². The van der Waals surface area contributed by atoms with E-state index in [1.54, 1.807) is 0 Å². The Labute approximate surface area is 279 Å². The molecule has 0 saturated carbocycles. The summed E-state index contributed by atoms with van der Waals surface area (Å²) in [5.74, 6) is 1.96. The number of fused-ring (bicyclic) bond motifs is 3. The second-order valence-corrected chi connectivity index (χ2v) is 12.5. The third-order valence-electron chi connectivity index (χ3n) is 9.59. The molecule has 0 aliphatic heterocycles. The minimum atomic E-state index is 0.979. The van der Waals surface area contributed by atoms with Crippen molar-refractivity contribution in [2.45, 2.75) is 0 Å². The minimum absolute atomic E-state index is 0.979. The van der Waals surface area contributed by atoms with Crippen LogP contribution >= 0.6 is 0 Å². The molecule has 9 aromatic rings. The van der Waals surface area contributed by atoms with E-state index >= 15 is 0 Å². The molecule has 0 amide bonds. The first-order valence-corrected chi connectivity index (χ1v) is 16.3. The summed E-state index contributed by atoms with van der Waals surface area (Å²) >= 11 is 0. The number of imidazole rings is 2. The predicted molar refractivity (Wildman–Crippen MR) is 200 cm³/mol. The molecule has 0 N–H and O–H groups in total. The fourth-order valence-corrected chi connectivity index (χ4v) is 6.89. The summed E-state index contributed by atoms with van der Waals surface area (Å²) in [6, 6.07) is 56.3. The van der Waals surface area contributed by atoms with Crippen LogP contribution < -0.4 is 0 Å². The molecule has 2 heterocycles. The van der Waals surface area contributed by atoms with Crippen LogP contribution in [0, 0.1) is 0 Å². The molecule has 0 spiro atoms. The number of aromatic nitrogens is 4. The van der Waals surface area contributed by atoms with Gasteiger partial charge in [0.2, 0.25) is 0 Å². The Kier molecular flexibility index (Phi) is 6.54. The maximum Gasteiger partial charge on any atom is 0.140 e. The van der Waals surface area contributed by atoms with Gasteiger partial charge in [-0.15, -0.1) is 0 Å². The predicted octanol–water partition coefficient (Wildman–Crippen LogP) is 10.9. The van der Waals surface area contributed by atoms with Crippen LogP contribution in [0.3, 0.4) is 0 Å². The van der Waals surface area contributed by atoms with Gasteiger partial charge in [0.15, 0.2) is 0 Å². The second-order valence-electron chi connectivity index (χ2n) is 12.5. The summed E-state index contributed by atoms with van der Waals surface area (Å²) < 4.78 is 4.32. The van der Waals surface area contributed by atoms with E-state index in [0.717, 1.165) is 44.8 Å². The van der Waals surface area contributed by atoms with Gasteiger partial charge in [0.1, 0.15) is 11.6 Å². The van der Waals surface area contributed by atoms with Crippen molar-refractivity contribution in [1.82, 2.24) is 19.1 Å². The zero-order valence-electron chi connectivity index (χ0n) is 26.8. The molecule has 2 aromatic heterocycles. The first-order valence-electron chi connectivity index (χ1n) is 16.3. The SMILES string of the molecule is Cn1c(-c2ccc(-c3ccc(-c4ccc5ccc(-c6ccc(-c7nc8ccccc8n7C)cc6)cc5c4)cc3)cc2)nc2ccccc21. The summed E-state index contributed by atoms with van der Waals surface area (Å²) in [5.41, 5.74) is 13.7. The number of rotatable bonds is 5. The molecule has 0 bridgehead atoms. The monoisotopic (exact) mass is 616 g/mol. The summed E-state index contributed by atoms with van der Waals surface area (Å²) in [6.07, 6.45) is 0. The molecule has 0 atom stereocenters. The Morgan fingerprint density at radius 3 is 1.06 bits per heavy atom. The Bertz CT molecular complexity index is 2600. The first kappa shape index (κ1) is 28.0. The number of hydrogen-bond donors (Lipinski definition) is 0. The lowest BCUT2D eigenvalue weighted by Gasteiger charge is -2.09. The van der Waals surface area contributed by atoms with Crippen LogP contribution in [-0.2, 0) is 14.1 Å². The standard InChI is InChI=1S/C44H32N4/c1-47-41-9-5-3-7-39(41)45-43(47)34-21-15-30(16-22-34)29-11-13-31(14-12-29)36-25-19-33-20-26-37(28-38(33)27-36)32-17-23-35(24-18-32)44-46-40-8-4-6-10-42(40)48(44)2/h3-28H,1-2H3. The molecule has 228 valence electrons. The van der Waals surface area contributed by atoms with Crippen molar-refractivity contribution in [2.24, 2.45) is 14.1 Å². The maximum absolute atomic E-state index is 4.87. The summed E-state index contributed by atoms with van der Waals surface area (Å²) in [5, 5.41) is 2.46. The van der Waals surface area contributed by atoms with E-state index in [2.05, 4.69) is 169 Å². The highest BCUT2D eigenvalue weighted by Gasteiger charge is 2.12. The molecule has 48 heavy (non-hydrogen) atoms. The molecular formula is C44H32N4. The molecule has 7 aromatic carbocycles. The number of benzene rings is 7. The summed E-state index contributed by atoms with van der Waals surface area (Å²) in [4.78, 5) is 9.73. The van der Waals surface area contributed by atoms with Gasteiger partial charge in [-0.2, -0.15) is 0 Å². The third kappa shape index (κ3) is 4.78. The van der Waals surface area contributed by atoms with Gasteiger partial charge in [0.25, 0.3) is 0 Å². The lowest BCUT2D eigenvalue weighted by Crippen LogP contribution is -1.92. The van der Waals surface area contributed by atoms with E-state index in [0.29, 0.717) is 0 Å². The van der Waals surface area contributed by atoms with Crippen LogP contribution in [0.25, 0.3) is 89.0 Å². The Balaban J connectivity index is 0.962. The van der Waals surface area contributed by atoms with Crippen LogP contribution in [0.5, 0.6) is 0 Å². The molecular weight excluding hydrogens is 585 g/mol. The van der Waals surface area contributed by atoms with Crippen molar-refractivity contribution in [3.8, 4) is 56.2 Å². The van der Waals surface area contributed by atoms with Crippen LogP contribution in [-0.4, -0.2) is 19.1 Å². The lowest BCUT2D eigenvalue weighted by molar-refractivity contribution is 0.959. The first-order chi connectivity index (χ1) is 23.6. The Hall–Kier alpha value is -6.26. The van der Waals surface area contributed by atoms with E-state index in [9.17, 15) is 0 Å². The largest absolute Gasteiger partial charge is 0.327 e. The van der Waals surface area contributed by atoms with Gasteiger partial charge in [-0.05, 0) is 80.6 Å². The fraction of sp³-hybridized carbons (Fsp3) is 0.0455. The zero-order valence-corrected chi connectivity index (χ0v) is 26.8. The van der Waals surface area contributed by atoms with Crippen LogP contribution in [0.2, 0.25) is 0 Å². The van der Waals surface area contributed by atoms with Crippen molar-refractivity contribution in [1.29, 1.82) is 0 Å². The Morgan fingerprint density at radius 1 is 0.333 bits per heavy atom. The van der Waals surface area contributed by atoms with Gasteiger partial charge in [0.05, 0.1) is 22.1 Å². The van der Waals surface area contributed by atoms with Crippen molar-refractivity contribution in [3.05, 3.63) is 158 Å². The number of para-hydroxylation sites is 4. The van der Waals surface area contributed by atoms with E-state index in [4.69, 9.17) is 9.97 Å². The van der Waals surface area contributed by atoms with Gasteiger partial charge in [-0.3, -0.25) is 0 Å². The summed E-state index contributed by atoms with van der Waals surface area (Å²) in [6.45, 7) is 0. The average Bonchev–Trinajstić information content (AvgIpc) is 3.67. The highest BCUT2D eigenvalue weighted by molar-refractivity contribution is 5.91. The normalized spacial score (nSPS) is 11.5. The third-order valence-corrected chi connectivity index (χ3v) is 9.59. The number of hydrogen-bond acceptors (Lipinski definition) is 2. The fourth-order valence-electron chi connectivity index (χ4n) is 6.89. The molecule has 0 unspecified atom stereocenters. The zero-order chi connectivity index (χ0) is 32.2. The van der Waals surface area contributed by atoms with E-state index in [1.165, 1.54) is 44.2 Å². The molecule has 9 rings (SSSR count). The second kappa shape index (κ2) is 11.2. The molecule has 4 heteroatoms. The minimum Gasteiger partial charge on any atom is -0.327 e. The van der Waals surface area contributed by atoms with Crippen molar-refractivity contribution >= 4 is 32.8 Å². The summed E-state index contributed by atoms with van der Waals surface area (Å²) in [7, 11) is 4.16. The smallest absolute Gasteiger partial charge is 0.140 e. The van der Waals surface area contributed by atoms with Crippen LogP contribution in [0.1, 0.15) is 0 Å². The Morgan fingerprint density at radius 2 is 0.667 bits per heavy atom. The topological polar surface area (TPSA) is 35.6 Å². The molecule has 0 saturated heterocycles. The van der Waals surface area contributed by atoms with Crippen molar-refractivity contribution in [2.75, 3.05) is 0 Å². The van der Waals surface area contributed by atoms with E-state index in [-0.39, 0.29) is 0 Å². The van der Waals surface area contributed by atoms with Crippen molar-refractivity contribution < 1.29 is 0 Å². The quantitative estimate of drug-likeness (QED) is 0.193.